The third-order valence-corrected chi connectivity index (χ3v) is 14.8. The molecule has 0 aliphatic carbocycles. The molecule has 2 amide bonds. The predicted molar refractivity (Wildman–Crippen MR) is 177 cm³/mol. The Bertz CT molecular complexity index is 1250. The van der Waals surface area contributed by atoms with Crippen LogP contribution in [0.3, 0.4) is 0 Å². The number of hydrogen-bond acceptors (Lipinski definition) is 6. The van der Waals surface area contributed by atoms with E-state index in [2.05, 4.69) is 54.9 Å². The van der Waals surface area contributed by atoms with Crippen LogP contribution >= 0.6 is 0 Å². The summed E-state index contributed by atoms with van der Waals surface area (Å²) in [6.07, 6.45) is 5.77. The summed E-state index contributed by atoms with van der Waals surface area (Å²) in [5, 5.41) is 17.6. The first-order chi connectivity index (χ1) is 21.2. The fourth-order valence-electron chi connectivity index (χ4n) is 7.87. The highest BCUT2D eigenvalue weighted by Gasteiger charge is 2.51. The first kappa shape index (κ1) is 32.7. The molecule has 6 atom stereocenters. The number of nitrogens with one attached hydrogen (secondary N) is 2. The van der Waals surface area contributed by atoms with Crippen molar-refractivity contribution in [2.45, 2.75) is 88.8 Å². The summed E-state index contributed by atoms with van der Waals surface area (Å²) >= 11 is 0. The van der Waals surface area contributed by atoms with Gasteiger partial charge < -0.3 is 30.1 Å². The van der Waals surface area contributed by atoms with E-state index in [1.807, 2.05) is 29.2 Å². The number of hydrogen-bond donors (Lipinski definition) is 3. The highest BCUT2D eigenvalue weighted by Crippen LogP contribution is 2.46. The Morgan fingerprint density at radius 2 is 1.82 bits per heavy atom. The van der Waals surface area contributed by atoms with E-state index in [1.54, 1.807) is 7.11 Å². The van der Waals surface area contributed by atoms with Gasteiger partial charge in [-0.2, -0.15) is 0 Å². The molecule has 0 radical (unpaired) electrons. The smallest absolute Gasteiger partial charge is 0.228 e. The fraction of sp³-hybridized carbons (Fsp3) is 0.600. The van der Waals surface area contributed by atoms with Gasteiger partial charge in [0.2, 0.25) is 11.8 Å². The number of nitrogens with zero attached hydrogens (tertiary/aromatic N) is 1. The van der Waals surface area contributed by atoms with E-state index in [4.69, 9.17) is 9.47 Å². The van der Waals surface area contributed by atoms with Crippen LogP contribution in [0.25, 0.3) is 0 Å². The molecule has 2 aromatic carbocycles. The average Bonchev–Trinajstić information content (AvgIpc) is 3.65. The van der Waals surface area contributed by atoms with Crippen LogP contribution in [-0.2, 0) is 20.7 Å². The minimum absolute atomic E-state index is 0.0199. The van der Waals surface area contributed by atoms with Gasteiger partial charge in [0, 0.05) is 18.8 Å². The summed E-state index contributed by atoms with van der Waals surface area (Å²) in [6, 6.07) is 16.6. The van der Waals surface area contributed by atoms with Crippen molar-refractivity contribution in [2.75, 3.05) is 38.7 Å². The number of carbonyl (C=O) groups is 2. The number of methoxy groups -OCH3 is 1. The highest BCUT2D eigenvalue weighted by molar-refractivity contribution is 6.91. The molecule has 5 rings (SSSR count). The van der Waals surface area contributed by atoms with Gasteiger partial charge in [0.15, 0.2) is 0 Å². The maximum absolute atomic E-state index is 13.6. The van der Waals surface area contributed by atoms with Gasteiger partial charge in [-0.1, -0.05) is 49.5 Å². The maximum atomic E-state index is 13.6. The van der Waals surface area contributed by atoms with E-state index in [0.29, 0.717) is 18.9 Å². The number of likely N-dealkylation sites (tertiary alicyclic amines) is 1. The van der Waals surface area contributed by atoms with Crippen molar-refractivity contribution in [1.82, 2.24) is 10.2 Å². The molecule has 0 bridgehead atoms. The highest BCUT2D eigenvalue weighted by atomic mass is 28.3. The Kier molecular flexibility index (Phi) is 10.8. The lowest BCUT2D eigenvalue weighted by Crippen LogP contribution is -2.51. The van der Waals surface area contributed by atoms with E-state index in [0.717, 1.165) is 63.1 Å². The molecule has 3 aliphatic heterocycles. The lowest BCUT2D eigenvalue weighted by molar-refractivity contribution is -0.135. The van der Waals surface area contributed by atoms with Gasteiger partial charge in [-0.25, -0.2) is 0 Å². The zero-order chi connectivity index (χ0) is 31.3. The van der Waals surface area contributed by atoms with E-state index < -0.39 is 8.07 Å². The van der Waals surface area contributed by atoms with Crippen LogP contribution in [0.15, 0.2) is 48.5 Å². The zero-order valence-electron chi connectivity index (χ0n) is 26.9. The van der Waals surface area contributed by atoms with Crippen molar-refractivity contribution < 1.29 is 24.2 Å². The molecule has 44 heavy (non-hydrogen) atoms. The van der Waals surface area contributed by atoms with Crippen LogP contribution in [0.2, 0.25) is 18.6 Å². The lowest BCUT2D eigenvalue weighted by atomic mass is 9.95. The topological polar surface area (TPSA) is 100 Å². The molecule has 9 heteroatoms. The normalized spacial score (nSPS) is 27.3. The lowest BCUT2D eigenvalue weighted by Gasteiger charge is -2.36. The number of amides is 2. The van der Waals surface area contributed by atoms with Crippen molar-refractivity contribution in [3.8, 4) is 5.75 Å². The monoisotopic (exact) mass is 621 g/mol. The second-order valence-corrected chi connectivity index (χ2v) is 18.3. The van der Waals surface area contributed by atoms with E-state index in [1.165, 1.54) is 10.8 Å². The number of anilines is 1. The Labute approximate surface area is 263 Å². The maximum Gasteiger partial charge on any atom is 0.228 e. The zero-order valence-corrected chi connectivity index (χ0v) is 27.9. The number of benzene rings is 2. The second kappa shape index (κ2) is 14.6. The van der Waals surface area contributed by atoms with Gasteiger partial charge in [-0.05, 0) is 86.4 Å². The molecule has 0 spiro atoms. The minimum atomic E-state index is -2.07. The second-order valence-electron chi connectivity index (χ2n) is 13.6. The molecule has 1 unspecified atom stereocenters. The summed E-state index contributed by atoms with van der Waals surface area (Å²) in [4.78, 5) is 28.1. The average molecular weight is 622 g/mol. The summed E-state index contributed by atoms with van der Waals surface area (Å²) in [7, 11) is -0.385. The van der Waals surface area contributed by atoms with Crippen LogP contribution < -0.4 is 20.6 Å². The largest absolute Gasteiger partial charge is 0.497 e. The van der Waals surface area contributed by atoms with E-state index in [9.17, 15) is 14.7 Å². The van der Waals surface area contributed by atoms with Gasteiger partial charge in [-0.3, -0.25) is 9.59 Å². The number of ether oxygens (including phenoxy) is 2. The van der Waals surface area contributed by atoms with Crippen molar-refractivity contribution in [3.05, 3.63) is 54.1 Å². The Morgan fingerprint density at radius 3 is 2.48 bits per heavy atom. The van der Waals surface area contributed by atoms with Gasteiger partial charge in [0.05, 0.1) is 52.4 Å². The van der Waals surface area contributed by atoms with Crippen LogP contribution in [0.1, 0.15) is 51.0 Å². The number of piperidine rings is 1. The molecule has 3 fully saturated rings. The molecule has 0 saturated carbocycles. The number of carbonyl (C=O) groups excluding carboxylic acids is 2. The van der Waals surface area contributed by atoms with E-state index in [-0.39, 0.29) is 48.1 Å². The van der Waals surface area contributed by atoms with Gasteiger partial charge in [0.1, 0.15) is 5.75 Å². The molecule has 3 N–H and O–H groups in total. The van der Waals surface area contributed by atoms with Gasteiger partial charge >= 0.3 is 0 Å². The molecule has 3 heterocycles. The molecule has 0 aromatic heterocycles. The molecular weight excluding hydrogens is 570 g/mol. The SMILES string of the molecule is COc1ccc([Si](C)(C)[C@@H]2[C@@H](C)[C@@H](CCc3ccc(NC(=O)C4CCCNC4)cc3)O[C@H]2CC(=O)N2CCC[C@H]2CO)cc1. The third kappa shape index (κ3) is 7.38. The quantitative estimate of drug-likeness (QED) is 0.323. The fourth-order valence-corrected chi connectivity index (χ4v) is 11.9. The standard InChI is InChI=1S/C35H51N3O5Si/c1-24-31(18-11-25-9-12-27(13-10-25)37-35(41)26-7-5-19-36-22-26)43-32(21-33(40)38-20-6-8-28(38)23-39)34(24)44(3,4)30-16-14-29(42-2)15-17-30/h9-10,12-17,24,26,28,31-32,34,36,39H,5-8,11,18-23H2,1-4H3,(H,37,41)/t24-,26?,28-,31+,32-,34+/m0/s1. The first-order valence-electron chi connectivity index (χ1n) is 16.5. The van der Waals surface area contributed by atoms with E-state index >= 15 is 0 Å². The van der Waals surface area contributed by atoms with Crippen LogP contribution in [0, 0.1) is 11.8 Å². The number of rotatable bonds is 11. The van der Waals surface area contributed by atoms with Crippen molar-refractivity contribution >= 4 is 30.8 Å². The van der Waals surface area contributed by atoms with Gasteiger partial charge in [0.25, 0.3) is 0 Å². The number of aliphatic hydroxyl groups is 1. The molecule has 240 valence electrons. The Hall–Kier alpha value is -2.72. The number of aryl methyl sites for hydroxylation is 1. The molecular formula is C35H51N3O5Si. The molecule has 3 saturated heterocycles. The predicted octanol–water partition coefficient (Wildman–Crippen LogP) is 4.33. The minimum Gasteiger partial charge on any atom is -0.497 e. The summed E-state index contributed by atoms with van der Waals surface area (Å²) in [6.45, 7) is 9.59. The van der Waals surface area contributed by atoms with Crippen molar-refractivity contribution in [2.24, 2.45) is 11.8 Å². The van der Waals surface area contributed by atoms with Crippen LogP contribution in [0.4, 0.5) is 5.69 Å². The van der Waals surface area contributed by atoms with Crippen LogP contribution in [-0.4, -0.2) is 81.5 Å². The Morgan fingerprint density at radius 1 is 1.07 bits per heavy atom. The van der Waals surface area contributed by atoms with Gasteiger partial charge in [-0.15, -0.1) is 0 Å². The molecule has 8 nitrogen and oxygen atoms in total. The first-order valence-corrected chi connectivity index (χ1v) is 19.6. The third-order valence-electron chi connectivity index (χ3n) is 10.5. The summed E-state index contributed by atoms with van der Waals surface area (Å²) in [5.41, 5.74) is 2.32. The molecule has 3 aliphatic rings. The van der Waals surface area contributed by atoms with Crippen molar-refractivity contribution in [3.63, 3.8) is 0 Å². The number of aliphatic hydroxyl groups excluding tert-OH is 1. The van der Waals surface area contributed by atoms with Crippen LogP contribution in [0.5, 0.6) is 5.75 Å². The van der Waals surface area contributed by atoms with Crippen molar-refractivity contribution in [1.29, 1.82) is 0 Å². The Balaban J connectivity index is 1.27. The summed E-state index contributed by atoms with van der Waals surface area (Å²) in [5.74, 6) is 1.37. The molecule has 2 aromatic rings. The summed E-state index contributed by atoms with van der Waals surface area (Å²) < 4.78 is 12.3.